The smallest absolute Gasteiger partial charge is 0.119 e. The minimum Gasteiger partial charge on any atom is -0.497 e. The second kappa shape index (κ2) is 8.18. The Bertz CT molecular complexity index is 619. The predicted molar refractivity (Wildman–Crippen MR) is 96.9 cm³/mol. The van der Waals surface area contributed by atoms with Crippen molar-refractivity contribution in [2.24, 2.45) is 0 Å². The molecule has 1 atom stereocenters. The molecule has 1 unspecified atom stereocenters. The SMILES string of the molecule is CCOc1ccc(C(c2ccc(OC)cc2)N2CCNCC2)cc1. The van der Waals surface area contributed by atoms with Crippen molar-refractivity contribution in [1.82, 2.24) is 10.2 Å². The first kappa shape index (κ1) is 16.8. The van der Waals surface area contributed by atoms with Gasteiger partial charge in [0.05, 0.1) is 19.8 Å². The summed E-state index contributed by atoms with van der Waals surface area (Å²) in [6.07, 6.45) is 0. The Labute approximate surface area is 144 Å². The number of piperazine rings is 1. The van der Waals surface area contributed by atoms with Crippen LogP contribution in [0.5, 0.6) is 11.5 Å². The van der Waals surface area contributed by atoms with Crippen LogP contribution in [0.25, 0.3) is 0 Å². The molecule has 128 valence electrons. The van der Waals surface area contributed by atoms with Gasteiger partial charge in [0, 0.05) is 26.2 Å². The summed E-state index contributed by atoms with van der Waals surface area (Å²) in [7, 11) is 1.70. The lowest BCUT2D eigenvalue weighted by atomic mass is 9.96. The normalized spacial score (nSPS) is 16.6. The van der Waals surface area contributed by atoms with Crippen molar-refractivity contribution < 1.29 is 9.47 Å². The number of hydrogen-bond donors (Lipinski definition) is 1. The number of nitrogens with zero attached hydrogens (tertiary/aromatic N) is 1. The number of methoxy groups -OCH3 is 1. The van der Waals surface area contributed by atoms with E-state index in [0.717, 1.165) is 37.7 Å². The van der Waals surface area contributed by atoms with Crippen LogP contribution in [0, 0.1) is 0 Å². The van der Waals surface area contributed by atoms with Gasteiger partial charge in [-0.25, -0.2) is 0 Å². The molecule has 4 nitrogen and oxygen atoms in total. The monoisotopic (exact) mass is 326 g/mol. The van der Waals surface area contributed by atoms with E-state index in [1.165, 1.54) is 11.1 Å². The Kier molecular flexibility index (Phi) is 5.72. The highest BCUT2D eigenvalue weighted by Gasteiger charge is 2.23. The molecule has 0 bridgehead atoms. The molecule has 1 N–H and O–H groups in total. The summed E-state index contributed by atoms with van der Waals surface area (Å²) in [6.45, 7) is 6.86. The number of hydrogen-bond acceptors (Lipinski definition) is 4. The van der Waals surface area contributed by atoms with E-state index in [-0.39, 0.29) is 6.04 Å². The van der Waals surface area contributed by atoms with E-state index in [1.807, 2.05) is 19.1 Å². The first-order chi connectivity index (χ1) is 11.8. The van der Waals surface area contributed by atoms with Crippen molar-refractivity contribution in [2.45, 2.75) is 13.0 Å². The second-order valence-electron chi connectivity index (χ2n) is 5.96. The van der Waals surface area contributed by atoms with Crippen LogP contribution in [0.15, 0.2) is 48.5 Å². The zero-order valence-corrected chi connectivity index (χ0v) is 14.5. The number of nitrogens with one attached hydrogen (secondary N) is 1. The summed E-state index contributed by atoms with van der Waals surface area (Å²) in [5.74, 6) is 1.82. The molecule has 0 amide bonds. The Balaban J connectivity index is 1.90. The minimum atomic E-state index is 0.258. The third-order valence-corrected chi connectivity index (χ3v) is 4.46. The van der Waals surface area contributed by atoms with Crippen LogP contribution in [-0.2, 0) is 0 Å². The highest BCUT2D eigenvalue weighted by atomic mass is 16.5. The fourth-order valence-corrected chi connectivity index (χ4v) is 3.25. The molecular formula is C20H26N2O2. The van der Waals surface area contributed by atoms with Crippen LogP contribution in [0.3, 0.4) is 0 Å². The predicted octanol–water partition coefficient (Wildman–Crippen LogP) is 3.09. The Morgan fingerprint density at radius 3 is 1.96 bits per heavy atom. The summed E-state index contributed by atoms with van der Waals surface area (Å²) in [6, 6.07) is 17.2. The molecule has 2 aromatic rings. The highest BCUT2D eigenvalue weighted by molar-refractivity contribution is 5.38. The molecule has 1 saturated heterocycles. The quantitative estimate of drug-likeness (QED) is 0.884. The van der Waals surface area contributed by atoms with Crippen molar-refractivity contribution >= 4 is 0 Å². The third kappa shape index (κ3) is 3.89. The van der Waals surface area contributed by atoms with Crippen LogP contribution in [-0.4, -0.2) is 44.8 Å². The first-order valence-corrected chi connectivity index (χ1v) is 8.63. The standard InChI is InChI=1S/C20H26N2O2/c1-3-24-19-10-6-17(7-11-19)20(22-14-12-21-13-15-22)16-4-8-18(23-2)9-5-16/h4-11,20-21H,3,12-15H2,1-2H3. The van der Waals surface area contributed by atoms with Crippen LogP contribution in [0.2, 0.25) is 0 Å². The summed E-state index contributed by atoms with van der Waals surface area (Å²) in [5, 5.41) is 3.43. The van der Waals surface area contributed by atoms with E-state index in [2.05, 4.69) is 46.6 Å². The van der Waals surface area contributed by atoms with E-state index < -0.39 is 0 Å². The van der Waals surface area contributed by atoms with Crippen LogP contribution in [0.4, 0.5) is 0 Å². The largest absolute Gasteiger partial charge is 0.497 e. The van der Waals surface area contributed by atoms with Crippen molar-refractivity contribution in [1.29, 1.82) is 0 Å². The molecule has 0 aliphatic carbocycles. The van der Waals surface area contributed by atoms with Crippen molar-refractivity contribution in [3.63, 3.8) is 0 Å². The van der Waals surface area contributed by atoms with Gasteiger partial charge in [0.25, 0.3) is 0 Å². The second-order valence-corrected chi connectivity index (χ2v) is 5.96. The van der Waals surface area contributed by atoms with Gasteiger partial charge in [-0.05, 0) is 42.3 Å². The summed E-state index contributed by atoms with van der Waals surface area (Å²) in [4.78, 5) is 2.54. The fourth-order valence-electron chi connectivity index (χ4n) is 3.25. The number of ether oxygens (including phenoxy) is 2. The molecule has 1 aliphatic heterocycles. The Hall–Kier alpha value is -2.04. The van der Waals surface area contributed by atoms with Crippen molar-refractivity contribution in [3.8, 4) is 11.5 Å². The maximum absolute atomic E-state index is 5.58. The maximum Gasteiger partial charge on any atom is 0.119 e. The molecule has 3 rings (SSSR count). The lowest BCUT2D eigenvalue weighted by Crippen LogP contribution is -2.45. The Morgan fingerprint density at radius 1 is 0.917 bits per heavy atom. The first-order valence-electron chi connectivity index (χ1n) is 8.63. The van der Waals surface area contributed by atoms with Crippen molar-refractivity contribution in [2.75, 3.05) is 39.9 Å². The molecule has 2 aromatic carbocycles. The highest BCUT2D eigenvalue weighted by Crippen LogP contribution is 2.31. The van der Waals surface area contributed by atoms with Gasteiger partial charge in [0.15, 0.2) is 0 Å². The molecule has 0 spiro atoms. The van der Waals surface area contributed by atoms with E-state index in [4.69, 9.17) is 9.47 Å². The lowest BCUT2D eigenvalue weighted by molar-refractivity contribution is 0.198. The lowest BCUT2D eigenvalue weighted by Gasteiger charge is -2.35. The zero-order valence-electron chi connectivity index (χ0n) is 14.5. The van der Waals surface area contributed by atoms with Gasteiger partial charge < -0.3 is 14.8 Å². The van der Waals surface area contributed by atoms with Crippen LogP contribution in [0.1, 0.15) is 24.1 Å². The third-order valence-electron chi connectivity index (χ3n) is 4.46. The van der Waals surface area contributed by atoms with Gasteiger partial charge in [-0.1, -0.05) is 24.3 Å². The summed E-state index contributed by atoms with van der Waals surface area (Å²) >= 11 is 0. The minimum absolute atomic E-state index is 0.258. The average Bonchev–Trinajstić information content (AvgIpc) is 2.65. The van der Waals surface area contributed by atoms with Crippen LogP contribution >= 0.6 is 0 Å². The molecule has 4 heteroatoms. The van der Waals surface area contributed by atoms with Crippen LogP contribution < -0.4 is 14.8 Å². The van der Waals surface area contributed by atoms with Gasteiger partial charge in [-0.3, -0.25) is 4.90 Å². The van der Waals surface area contributed by atoms with Gasteiger partial charge in [0.2, 0.25) is 0 Å². The van der Waals surface area contributed by atoms with E-state index in [1.54, 1.807) is 7.11 Å². The molecule has 0 aromatic heterocycles. The molecular weight excluding hydrogens is 300 g/mol. The summed E-state index contributed by atoms with van der Waals surface area (Å²) < 4.78 is 10.9. The molecule has 1 heterocycles. The zero-order chi connectivity index (χ0) is 16.8. The van der Waals surface area contributed by atoms with Gasteiger partial charge in [-0.2, -0.15) is 0 Å². The molecule has 0 saturated carbocycles. The van der Waals surface area contributed by atoms with E-state index >= 15 is 0 Å². The van der Waals surface area contributed by atoms with Gasteiger partial charge in [-0.15, -0.1) is 0 Å². The topological polar surface area (TPSA) is 33.7 Å². The maximum atomic E-state index is 5.58. The number of benzene rings is 2. The molecule has 1 aliphatic rings. The summed E-state index contributed by atoms with van der Waals surface area (Å²) in [5.41, 5.74) is 2.59. The molecule has 1 fully saturated rings. The molecule has 0 radical (unpaired) electrons. The Morgan fingerprint density at radius 2 is 1.46 bits per heavy atom. The van der Waals surface area contributed by atoms with E-state index in [9.17, 15) is 0 Å². The van der Waals surface area contributed by atoms with Crippen molar-refractivity contribution in [3.05, 3.63) is 59.7 Å². The molecule has 24 heavy (non-hydrogen) atoms. The average molecular weight is 326 g/mol. The van der Waals surface area contributed by atoms with E-state index in [0.29, 0.717) is 6.61 Å². The number of rotatable bonds is 6. The van der Waals surface area contributed by atoms with Gasteiger partial charge in [0.1, 0.15) is 11.5 Å². The van der Waals surface area contributed by atoms with Gasteiger partial charge >= 0.3 is 0 Å². The fraction of sp³-hybridized carbons (Fsp3) is 0.400.